The second-order valence-corrected chi connectivity index (χ2v) is 7.60. The lowest BCUT2D eigenvalue weighted by atomic mass is 9.87. The molecule has 0 radical (unpaired) electrons. The van der Waals surface area contributed by atoms with Gasteiger partial charge in [0, 0.05) is 25.2 Å². The van der Waals surface area contributed by atoms with Crippen LogP contribution in [0.25, 0.3) is 0 Å². The highest BCUT2D eigenvalue weighted by Gasteiger charge is 2.23. The van der Waals surface area contributed by atoms with Crippen LogP contribution in [-0.4, -0.2) is 35.4 Å². The molecule has 5 nitrogen and oxygen atoms in total. The molecule has 2 aliphatic rings. The maximum Gasteiger partial charge on any atom is 0.151 e. The molecule has 3 N–H and O–H groups in total. The molecule has 1 aliphatic carbocycles. The van der Waals surface area contributed by atoms with E-state index in [9.17, 15) is 0 Å². The van der Waals surface area contributed by atoms with Gasteiger partial charge in [-0.2, -0.15) is 0 Å². The molecular weight excluding hydrogens is 286 g/mol. The van der Waals surface area contributed by atoms with Gasteiger partial charge in [0.05, 0.1) is 0 Å². The Bertz CT molecular complexity index is 471. The number of rotatable bonds is 4. The van der Waals surface area contributed by atoms with Gasteiger partial charge >= 0.3 is 0 Å². The minimum Gasteiger partial charge on any atom is -0.366 e. The number of nitrogens with two attached hydrogens (primary N) is 1. The van der Waals surface area contributed by atoms with Crippen LogP contribution in [0.1, 0.15) is 52.4 Å². The molecule has 1 saturated heterocycles. The standard InChI is InChI=1S/C18H31N5/c1-13(2)14-9-11-23(12-10-14)18-8-7-17(21-22-18)20-16-5-3-15(19)4-6-16/h7-8,13-16H,3-6,9-12,19H2,1-2H3,(H,20,21). The normalized spacial score (nSPS) is 26.5. The zero-order valence-electron chi connectivity index (χ0n) is 14.5. The fourth-order valence-electron chi connectivity index (χ4n) is 3.84. The Labute approximate surface area is 140 Å². The predicted octanol–water partition coefficient (Wildman–Crippen LogP) is 3.03. The Morgan fingerprint density at radius 1 is 1.04 bits per heavy atom. The summed E-state index contributed by atoms with van der Waals surface area (Å²) >= 11 is 0. The maximum atomic E-state index is 5.96. The molecule has 128 valence electrons. The quantitative estimate of drug-likeness (QED) is 0.893. The van der Waals surface area contributed by atoms with Crippen molar-refractivity contribution in [3.05, 3.63) is 12.1 Å². The molecule has 2 heterocycles. The fourth-order valence-corrected chi connectivity index (χ4v) is 3.84. The van der Waals surface area contributed by atoms with Crippen molar-refractivity contribution < 1.29 is 0 Å². The van der Waals surface area contributed by atoms with Crippen LogP contribution < -0.4 is 16.0 Å². The van der Waals surface area contributed by atoms with Crippen LogP contribution >= 0.6 is 0 Å². The summed E-state index contributed by atoms with van der Waals surface area (Å²) in [5.74, 6) is 3.56. The Morgan fingerprint density at radius 2 is 1.74 bits per heavy atom. The number of hydrogen-bond donors (Lipinski definition) is 2. The van der Waals surface area contributed by atoms with Crippen LogP contribution in [0, 0.1) is 11.8 Å². The molecule has 3 rings (SSSR count). The van der Waals surface area contributed by atoms with Crippen molar-refractivity contribution in [3.63, 3.8) is 0 Å². The number of nitrogens with one attached hydrogen (secondary N) is 1. The first kappa shape index (κ1) is 16.5. The number of nitrogens with zero attached hydrogens (tertiary/aromatic N) is 3. The number of hydrogen-bond acceptors (Lipinski definition) is 5. The summed E-state index contributed by atoms with van der Waals surface area (Å²) in [5, 5.41) is 12.3. The molecule has 23 heavy (non-hydrogen) atoms. The van der Waals surface area contributed by atoms with E-state index in [1.54, 1.807) is 0 Å². The van der Waals surface area contributed by atoms with Crippen molar-refractivity contribution in [2.24, 2.45) is 17.6 Å². The molecule has 0 unspecified atom stereocenters. The molecule has 2 fully saturated rings. The van der Waals surface area contributed by atoms with Crippen LogP contribution in [0.4, 0.5) is 11.6 Å². The van der Waals surface area contributed by atoms with E-state index >= 15 is 0 Å². The number of aromatic nitrogens is 2. The van der Waals surface area contributed by atoms with E-state index in [1.807, 2.05) is 0 Å². The van der Waals surface area contributed by atoms with Gasteiger partial charge in [0.15, 0.2) is 5.82 Å². The van der Waals surface area contributed by atoms with E-state index in [0.29, 0.717) is 12.1 Å². The lowest BCUT2D eigenvalue weighted by Crippen LogP contribution is -2.36. The minimum absolute atomic E-state index is 0.385. The van der Waals surface area contributed by atoms with Crippen LogP contribution in [0.15, 0.2) is 12.1 Å². The first-order valence-corrected chi connectivity index (χ1v) is 9.22. The molecule has 1 aromatic rings. The summed E-state index contributed by atoms with van der Waals surface area (Å²) in [7, 11) is 0. The molecule has 0 amide bonds. The Balaban J connectivity index is 1.51. The van der Waals surface area contributed by atoms with Crippen molar-refractivity contribution >= 4 is 11.6 Å². The van der Waals surface area contributed by atoms with Gasteiger partial charge in [0.2, 0.25) is 0 Å². The van der Waals surface area contributed by atoms with Crippen molar-refractivity contribution in [1.29, 1.82) is 0 Å². The van der Waals surface area contributed by atoms with Gasteiger partial charge < -0.3 is 16.0 Å². The zero-order valence-corrected chi connectivity index (χ0v) is 14.5. The lowest BCUT2D eigenvalue weighted by molar-refractivity contribution is 0.310. The molecule has 1 aromatic heterocycles. The third kappa shape index (κ3) is 4.34. The molecule has 5 heteroatoms. The highest BCUT2D eigenvalue weighted by molar-refractivity contribution is 5.44. The zero-order chi connectivity index (χ0) is 16.2. The summed E-state index contributed by atoms with van der Waals surface area (Å²) in [6, 6.07) is 5.07. The van der Waals surface area contributed by atoms with Crippen LogP contribution in [-0.2, 0) is 0 Å². The average molecular weight is 317 g/mol. The van der Waals surface area contributed by atoms with Crippen LogP contribution in [0.3, 0.4) is 0 Å². The highest BCUT2D eigenvalue weighted by Crippen LogP contribution is 2.27. The summed E-state index contributed by atoms with van der Waals surface area (Å²) in [4.78, 5) is 2.37. The third-order valence-electron chi connectivity index (χ3n) is 5.58. The van der Waals surface area contributed by atoms with E-state index in [2.05, 4.69) is 46.4 Å². The van der Waals surface area contributed by atoms with Crippen LogP contribution in [0.2, 0.25) is 0 Å². The maximum absolute atomic E-state index is 5.96. The van der Waals surface area contributed by atoms with Gasteiger partial charge in [-0.1, -0.05) is 13.8 Å². The smallest absolute Gasteiger partial charge is 0.151 e. The summed E-state index contributed by atoms with van der Waals surface area (Å²) in [6.07, 6.45) is 7.01. The van der Waals surface area contributed by atoms with E-state index in [1.165, 1.54) is 12.8 Å². The highest BCUT2D eigenvalue weighted by atomic mass is 15.3. The second kappa shape index (κ2) is 7.47. The molecule has 0 bridgehead atoms. The summed E-state index contributed by atoms with van der Waals surface area (Å²) < 4.78 is 0. The minimum atomic E-state index is 0.385. The van der Waals surface area contributed by atoms with Gasteiger partial charge in [-0.3, -0.25) is 0 Å². The van der Waals surface area contributed by atoms with Gasteiger partial charge in [0.25, 0.3) is 0 Å². The molecule has 0 aromatic carbocycles. The van der Waals surface area contributed by atoms with Crippen molar-refractivity contribution in [2.75, 3.05) is 23.3 Å². The largest absolute Gasteiger partial charge is 0.366 e. The SMILES string of the molecule is CC(C)C1CCN(c2ccc(NC3CCC(N)CC3)nn2)CC1. The Kier molecular flexibility index (Phi) is 5.36. The Morgan fingerprint density at radius 3 is 2.30 bits per heavy atom. The van der Waals surface area contributed by atoms with Gasteiger partial charge in [-0.05, 0) is 62.5 Å². The number of anilines is 2. The van der Waals surface area contributed by atoms with Crippen molar-refractivity contribution in [1.82, 2.24) is 10.2 Å². The molecule has 0 atom stereocenters. The van der Waals surface area contributed by atoms with E-state index < -0.39 is 0 Å². The van der Waals surface area contributed by atoms with Crippen molar-refractivity contribution in [2.45, 2.75) is 64.5 Å². The average Bonchev–Trinajstić information content (AvgIpc) is 2.58. The van der Waals surface area contributed by atoms with E-state index in [4.69, 9.17) is 5.73 Å². The molecule has 1 saturated carbocycles. The predicted molar refractivity (Wildman–Crippen MR) is 95.7 cm³/mol. The summed E-state index contributed by atoms with van der Waals surface area (Å²) in [6.45, 7) is 6.87. The first-order valence-electron chi connectivity index (χ1n) is 9.22. The third-order valence-corrected chi connectivity index (χ3v) is 5.58. The molecular formula is C18H31N5. The summed E-state index contributed by atoms with van der Waals surface area (Å²) in [5.41, 5.74) is 5.96. The van der Waals surface area contributed by atoms with E-state index in [0.717, 1.165) is 62.2 Å². The molecule has 1 aliphatic heterocycles. The van der Waals surface area contributed by atoms with Crippen LogP contribution in [0.5, 0.6) is 0 Å². The van der Waals surface area contributed by atoms with Gasteiger partial charge in [0.1, 0.15) is 5.82 Å². The number of piperidine rings is 1. The van der Waals surface area contributed by atoms with Gasteiger partial charge in [-0.25, -0.2) is 0 Å². The lowest BCUT2D eigenvalue weighted by Gasteiger charge is -2.34. The topological polar surface area (TPSA) is 67.1 Å². The first-order chi connectivity index (χ1) is 11.1. The van der Waals surface area contributed by atoms with Crippen molar-refractivity contribution in [3.8, 4) is 0 Å². The molecule has 0 spiro atoms. The monoisotopic (exact) mass is 317 g/mol. The van der Waals surface area contributed by atoms with E-state index in [-0.39, 0.29) is 0 Å². The second-order valence-electron chi connectivity index (χ2n) is 7.60. The fraction of sp³-hybridized carbons (Fsp3) is 0.778. The Hall–Kier alpha value is -1.36. The van der Waals surface area contributed by atoms with Gasteiger partial charge in [-0.15, -0.1) is 10.2 Å².